The second-order valence-corrected chi connectivity index (χ2v) is 3.60. The summed E-state index contributed by atoms with van der Waals surface area (Å²) < 4.78 is 25.4. The Balaban J connectivity index is 2.69. The molecule has 1 atom stereocenters. The normalized spacial score (nSPS) is 12.5. The van der Waals surface area contributed by atoms with Crippen molar-refractivity contribution in [2.75, 3.05) is 0 Å². The Morgan fingerprint density at radius 2 is 2.07 bits per heavy atom. The van der Waals surface area contributed by atoms with Crippen molar-refractivity contribution in [3.63, 3.8) is 0 Å². The summed E-state index contributed by atoms with van der Waals surface area (Å²) in [4.78, 5) is 10.3. The Hall–Kier alpha value is -1.16. The van der Waals surface area contributed by atoms with Crippen LogP contribution in [0.15, 0.2) is 18.2 Å². The number of benzene rings is 1. The van der Waals surface area contributed by atoms with Crippen molar-refractivity contribution in [3.8, 4) is 0 Å². The zero-order chi connectivity index (χ0) is 11.4. The van der Waals surface area contributed by atoms with Gasteiger partial charge in [-0.25, -0.2) is 8.78 Å². The predicted molar refractivity (Wildman–Crippen MR) is 51.8 cm³/mol. The number of halogens is 3. The predicted octanol–water partition coefficient (Wildman–Crippen LogP) is 3.11. The van der Waals surface area contributed by atoms with Crippen LogP contribution in [0.5, 0.6) is 0 Å². The van der Waals surface area contributed by atoms with Crippen LogP contribution < -0.4 is 0 Å². The van der Waals surface area contributed by atoms with E-state index in [0.717, 1.165) is 12.1 Å². The maximum atomic E-state index is 12.8. The third-order valence-corrected chi connectivity index (χ3v) is 2.39. The molecule has 0 fully saturated rings. The molecule has 0 saturated heterocycles. The molecule has 1 unspecified atom stereocenters. The van der Waals surface area contributed by atoms with Gasteiger partial charge < -0.3 is 5.11 Å². The van der Waals surface area contributed by atoms with Crippen LogP contribution in [-0.4, -0.2) is 11.1 Å². The van der Waals surface area contributed by atoms with Crippen molar-refractivity contribution in [3.05, 3.63) is 35.4 Å². The molecule has 0 aliphatic rings. The van der Waals surface area contributed by atoms with Crippen molar-refractivity contribution < 1.29 is 18.7 Å². The number of carbonyl (C=O) groups is 1. The lowest BCUT2D eigenvalue weighted by molar-refractivity contribution is -0.137. The quantitative estimate of drug-likeness (QED) is 0.813. The lowest BCUT2D eigenvalue weighted by atomic mass is 10.1. The van der Waals surface area contributed by atoms with Gasteiger partial charge in [-0.1, -0.05) is 6.07 Å². The molecular formula is C10H9ClF2O2. The maximum Gasteiger partial charge on any atom is 0.303 e. The molecule has 5 heteroatoms. The number of rotatable bonds is 4. The van der Waals surface area contributed by atoms with E-state index < -0.39 is 23.0 Å². The van der Waals surface area contributed by atoms with E-state index >= 15 is 0 Å². The van der Waals surface area contributed by atoms with Crippen LogP contribution in [0.25, 0.3) is 0 Å². The lowest BCUT2D eigenvalue weighted by Crippen LogP contribution is -1.99. The van der Waals surface area contributed by atoms with Gasteiger partial charge in [0.15, 0.2) is 11.6 Å². The smallest absolute Gasteiger partial charge is 0.303 e. The maximum absolute atomic E-state index is 12.8. The molecule has 82 valence electrons. The van der Waals surface area contributed by atoms with Gasteiger partial charge in [0.1, 0.15) is 0 Å². The molecule has 1 aromatic rings. The first-order valence-electron chi connectivity index (χ1n) is 4.31. The van der Waals surface area contributed by atoms with E-state index in [9.17, 15) is 13.6 Å². The van der Waals surface area contributed by atoms with Crippen molar-refractivity contribution in [1.82, 2.24) is 0 Å². The Kier molecular flexibility index (Phi) is 4.03. The third kappa shape index (κ3) is 3.47. The van der Waals surface area contributed by atoms with Crippen LogP contribution in [0, 0.1) is 11.6 Å². The van der Waals surface area contributed by atoms with E-state index in [-0.39, 0.29) is 12.8 Å². The minimum absolute atomic E-state index is 0.104. The molecule has 2 nitrogen and oxygen atoms in total. The topological polar surface area (TPSA) is 37.3 Å². The van der Waals surface area contributed by atoms with Crippen LogP contribution in [0.1, 0.15) is 23.8 Å². The summed E-state index contributed by atoms with van der Waals surface area (Å²) in [5, 5.41) is 7.80. The fourth-order valence-electron chi connectivity index (χ4n) is 1.12. The summed E-state index contributed by atoms with van der Waals surface area (Å²) in [7, 11) is 0. The zero-order valence-electron chi connectivity index (χ0n) is 7.71. The largest absolute Gasteiger partial charge is 0.481 e. The van der Waals surface area contributed by atoms with E-state index in [1.54, 1.807) is 0 Å². The summed E-state index contributed by atoms with van der Waals surface area (Å²) in [6.07, 6.45) is 0.0785. The first-order valence-corrected chi connectivity index (χ1v) is 4.75. The molecule has 0 bridgehead atoms. The average Bonchev–Trinajstić information content (AvgIpc) is 2.18. The molecule has 0 spiro atoms. The Labute approximate surface area is 90.5 Å². The van der Waals surface area contributed by atoms with Gasteiger partial charge in [-0.3, -0.25) is 4.79 Å². The Bertz CT molecular complexity index is 368. The molecule has 0 aliphatic carbocycles. The highest BCUT2D eigenvalue weighted by molar-refractivity contribution is 6.20. The van der Waals surface area contributed by atoms with Gasteiger partial charge in [0.05, 0.1) is 5.38 Å². The number of hydrogen-bond donors (Lipinski definition) is 1. The summed E-state index contributed by atoms with van der Waals surface area (Å²) >= 11 is 5.82. The molecule has 1 N–H and O–H groups in total. The average molecular weight is 235 g/mol. The van der Waals surface area contributed by atoms with Crippen LogP contribution in [-0.2, 0) is 4.79 Å². The van der Waals surface area contributed by atoms with E-state index in [1.807, 2.05) is 0 Å². The highest BCUT2D eigenvalue weighted by Gasteiger charge is 2.12. The van der Waals surface area contributed by atoms with Crippen molar-refractivity contribution in [2.24, 2.45) is 0 Å². The number of alkyl halides is 1. The summed E-state index contributed by atoms with van der Waals surface area (Å²) in [5.41, 5.74) is 0.386. The highest BCUT2D eigenvalue weighted by Crippen LogP contribution is 2.26. The SMILES string of the molecule is O=C(O)CCC(Cl)c1ccc(F)c(F)c1. The molecule has 0 heterocycles. The van der Waals surface area contributed by atoms with Crippen LogP contribution in [0.2, 0.25) is 0 Å². The Morgan fingerprint density at radius 3 is 2.60 bits per heavy atom. The summed E-state index contributed by atoms with van der Waals surface area (Å²) in [5.74, 6) is -2.89. The molecular weight excluding hydrogens is 226 g/mol. The van der Waals surface area contributed by atoms with E-state index in [1.165, 1.54) is 6.07 Å². The second-order valence-electron chi connectivity index (χ2n) is 3.07. The van der Waals surface area contributed by atoms with Gasteiger partial charge in [-0.15, -0.1) is 11.6 Å². The number of aliphatic carboxylic acids is 1. The first-order chi connectivity index (χ1) is 7.00. The van der Waals surface area contributed by atoms with Crippen molar-refractivity contribution in [2.45, 2.75) is 18.2 Å². The number of carboxylic acids is 1. The molecule has 0 aromatic heterocycles. The Morgan fingerprint density at radius 1 is 1.40 bits per heavy atom. The molecule has 0 amide bonds. The van der Waals surface area contributed by atoms with Crippen molar-refractivity contribution >= 4 is 17.6 Å². The van der Waals surface area contributed by atoms with Crippen LogP contribution in [0.4, 0.5) is 8.78 Å². The molecule has 0 radical (unpaired) electrons. The molecule has 1 rings (SSSR count). The molecule has 0 aliphatic heterocycles. The number of hydrogen-bond acceptors (Lipinski definition) is 1. The standard InChI is InChI=1S/C10H9ClF2O2/c11-7(2-4-10(14)15)6-1-3-8(12)9(13)5-6/h1,3,5,7H,2,4H2,(H,14,15). The van der Waals surface area contributed by atoms with Gasteiger partial charge in [0.2, 0.25) is 0 Å². The summed E-state index contributed by atoms with van der Waals surface area (Å²) in [6, 6.07) is 3.30. The fourth-order valence-corrected chi connectivity index (χ4v) is 1.37. The van der Waals surface area contributed by atoms with Crippen LogP contribution in [0.3, 0.4) is 0 Å². The van der Waals surface area contributed by atoms with Gasteiger partial charge in [0.25, 0.3) is 0 Å². The number of carboxylic acid groups (broad SMARTS) is 1. The van der Waals surface area contributed by atoms with Gasteiger partial charge >= 0.3 is 5.97 Å². The molecule has 1 aromatic carbocycles. The molecule has 0 saturated carbocycles. The van der Waals surface area contributed by atoms with E-state index in [4.69, 9.17) is 16.7 Å². The van der Waals surface area contributed by atoms with Gasteiger partial charge in [-0.2, -0.15) is 0 Å². The monoisotopic (exact) mass is 234 g/mol. The summed E-state index contributed by atoms with van der Waals surface area (Å²) in [6.45, 7) is 0. The fraction of sp³-hybridized carbons (Fsp3) is 0.300. The van der Waals surface area contributed by atoms with Gasteiger partial charge in [-0.05, 0) is 24.1 Å². The first kappa shape index (κ1) is 11.9. The van der Waals surface area contributed by atoms with Crippen molar-refractivity contribution in [1.29, 1.82) is 0 Å². The third-order valence-electron chi connectivity index (χ3n) is 1.92. The zero-order valence-corrected chi connectivity index (χ0v) is 8.47. The van der Waals surface area contributed by atoms with Crippen LogP contribution >= 0.6 is 11.6 Å². The lowest BCUT2D eigenvalue weighted by Gasteiger charge is -2.08. The minimum atomic E-state index is -0.978. The van der Waals surface area contributed by atoms with Gasteiger partial charge in [0, 0.05) is 6.42 Å². The minimum Gasteiger partial charge on any atom is -0.481 e. The molecule has 15 heavy (non-hydrogen) atoms. The second kappa shape index (κ2) is 5.07. The highest BCUT2D eigenvalue weighted by atomic mass is 35.5. The van der Waals surface area contributed by atoms with E-state index in [2.05, 4.69) is 0 Å². The van der Waals surface area contributed by atoms with E-state index in [0.29, 0.717) is 5.56 Å².